The molecule has 0 aromatic carbocycles. The molecule has 0 aromatic rings. The van der Waals surface area contributed by atoms with E-state index in [4.69, 9.17) is 18.9 Å². The van der Waals surface area contributed by atoms with Gasteiger partial charge in [-0.1, -0.05) is 0 Å². The van der Waals surface area contributed by atoms with Crippen LogP contribution in [0.1, 0.15) is 12.8 Å². The molecule has 0 radical (unpaired) electrons. The minimum Gasteiger partial charge on any atom is -0.468 e. The van der Waals surface area contributed by atoms with Gasteiger partial charge in [0, 0.05) is 39.4 Å². The van der Waals surface area contributed by atoms with Gasteiger partial charge in [-0.3, -0.25) is 19.4 Å². The number of morpholine rings is 2. The van der Waals surface area contributed by atoms with E-state index in [1.807, 2.05) is 0 Å². The van der Waals surface area contributed by atoms with Crippen LogP contribution in [0.2, 0.25) is 0 Å². The Labute approximate surface area is 148 Å². The molecule has 0 aromatic heterocycles. The number of rotatable bonds is 5. The summed E-state index contributed by atoms with van der Waals surface area (Å²) < 4.78 is 21.3. The van der Waals surface area contributed by atoms with Crippen LogP contribution in [0.25, 0.3) is 0 Å². The van der Waals surface area contributed by atoms with Gasteiger partial charge in [0.15, 0.2) is 5.78 Å². The molecule has 8 heteroatoms. The lowest BCUT2D eigenvalue weighted by Crippen LogP contribution is -2.63. The molecule has 25 heavy (non-hydrogen) atoms. The second-order valence-electron chi connectivity index (χ2n) is 6.72. The van der Waals surface area contributed by atoms with E-state index in [1.165, 1.54) is 7.11 Å². The minimum atomic E-state index is -1.12. The number of hydrogen-bond donors (Lipinski definition) is 0. The van der Waals surface area contributed by atoms with Crippen molar-refractivity contribution in [3.05, 3.63) is 0 Å². The quantitative estimate of drug-likeness (QED) is 0.483. The van der Waals surface area contributed by atoms with E-state index in [0.29, 0.717) is 78.7 Å². The van der Waals surface area contributed by atoms with E-state index in [-0.39, 0.29) is 5.78 Å². The smallest absolute Gasteiger partial charge is 0.319 e. The molecular formula is C17H28N2O6. The third-order valence-corrected chi connectivity index (χ3v) is 5.41. The fraction of sp³-hybridized carbons (Fsp3) is 0.882. The molecule has 8 nitrogen and oxygen atoms in total. The summed E-state index contributed by atoms with van der Waals surface area (Å²) in [6.45, 7) is 5.93. The van der Waals surface area contributed by atoms with Crippen molar-refractivity contribution in [2.24, 2.45) is 5.41 Å². The minimum absolute atomic E-state index is 0.0635. The molecular weight excluding hydrogens is 328 g/mol. The van der Waals surface area contributed by atoms with Gasteiger partial charge < -0.3 is 18.9 Å². The normalized spacial score (nSPS) is 25.7. The van der Waals surface area contributed by atoms with Crippen LogP contribution in [0, 0.1) is 5.41 Å². The highest BCUT2D eigenvalue weighted by Gasteiger charge is 2.52. The Balaban J connectivity index is 1.88. The molecule has 0 atom stereocenters. The van der Waals surface area contributed by atoms with Crippen LogP contribution in [0.4, 0.5) is 0 Å². The number of nitrogens with zero attached hydrogens (tertiary/aromatic N) is 2. The first-order valence-electron chi connectivity index (χ1n) is 9.03. The summed E-state index contributed by atoms with van der Waals surface area (Å²) in [4.78, 5) is 30.6. The van der Waals surface area contributed by atoms with Crippen molar-refractivity contribution in [3.63, 3.8) is 0 Å². The number of Topliss-reactive ketones (excluding diaryl/α,β-unsaturated/α-hetero) is 1. The number of ketones is 1. The van der Waals surface area contributed by atoms with E-state index in [2.05, 4.69) is 9.80 Å². The number of methoxy groups -OCH3 is 1. The number of carbonyl (C=O) groups is 2. The summed E-state index contributed by atoms with van der Waals surface area (Å²) in [6, 6.07) is 0. The van der Waals surface area contributed by atoms with E-state index in [1.54, 1.807) is 0 Å². The van der Waals surface area contributed by atoms with Gasteiger partial charge in [0.05, 0.1) is 33.5 Å². The van der Waals surface area contributed by atoms with Gasteiger partial charge in [-0.05, 0) is 12.8 Å². The van der Waals surface area contributed by atoms with Gasteiger partial charge >= 0.3 is 5.97 Å². The van der Waals surface area contributed by atoms with Crippen molar-refractivity contribution in [1.29, 1.82) is 0 Å². The highest BCUT2D eigenvalue weighted by atomic mass is 16.5. The van der Waals surface area contributed by atoms with Gasteiger partial charge in [0.1, 0.15) is 11.6 Å². The molecule has 0 aliphatic carbocycles. The van der Waals surface area contributed by atoms with Gasteiger partial charge in [-0.25, -0.2) is 0 Å². The van der Waals surface area contributed by atoms with Crippen LogP contribution in [0.15, 0.2) is 0 Å². The van der Waals surface area contributed by atoms with Crippen molar-refractivity contribution >= 4 is 11.8 Å². The van der Waals surface area contributed by atoms with Gasteiger partial charge in [-0.2, -0.15) is 0 Å². The summed E-state index contributed by atoms with van der Waals surface area (Å²) in [5, 5.41) is 0. The maximum atomic E-state index is 13.7. The summed E-state index contributed by atoms with van der Waals surface area (Å²) in [5.41, 5.74) is -1.12. The van der Waals surface area contributed by atoms with Gasteiger partial charge in [0.2, 0.25) is 0 Å². The Bertz CT molecular complexity index is 450. The molecule has 3 fully saturated rings. The Morgan fingerprint density at radius 3 is 1.72 bits per heavy atom. The lowest BCUT2D eigenvalue weighted by Gasteiger charge is -2.45. The summed E-state index contributed by atoms with van der Waals surface area (Å²) in [6.07, 6.45) is 0.317. The van der Waals surface area contributed by atoms with Crippen molar-refractivity contribution < 1.29 is 28.5 Å². The maximum Gasteiger partial charge on any atom is 0.319 e. The largest absolute Gasteiger partial charge is 0.468 e. The molecule has 3 rings (SSSR count). The highest BCUT2D eigenvalue weighted by molar-refractivity contribution is 6.06. The van der Waals surface area contributed by atoms with Crippen LogP contribution in [-0.2, 0) is 28.5 Å². The first-order valence-corrected chi connectivity index (χ1v) is 9.03. The van der Waals surface area contributed by atoms with Crippen LogP contribution < -0.4 is 0 Å². The molecule has 0 N–H and O–H groups in total. The second-order valence-corrected chi connectivity index (χ2v) is 6.72. The number of esters is 1. The average molecular weight is 356 g/mol. The molecule has 3 saturated heterocycles. The first-order chi connectivity index (χ1) is 12.2. The number of hydrogen-bond acceptors (Lipinski definition) is 8. The van der Waals surface area contributed by atoms with E-state index < -0.39 is 17.6 Å². The Morgan fingerprint density at radius 2 is 1.28 bits per heavy atom. The molecule has 142 valence electrons. The lowest BCUT2D eigenvalue weighted by atomic mass is 9.74. The molecule has 0 unspecified atom stereocenters. The SMILES string of the molecule is COC(=O)C1(C(=O)C(N2CCOCC2)N2CCOCC2)CCOCC1. The zero-order chi connectivity index (χ0) is 17.7. The zero-order valence-corrected chi connectivity index (χ0v) is 14.9. The Morgan fingerprint density at radius 1 is 0.840 bits per heavy atom. The van der Waals surface area contributed by atoms with Crippen LogP contribution in [-0.4, -0.2) is 101 Å². The van der Waals surface area contributed by atoms with Crippen molar-refractivity contribution in [2.45, 2.75) is 19.0 Å². The summed E-state index contributed by atoms with van der Waals surface area (Å²) in [7, 11) is 1.35. The molecule has 0 bridgehead atoms. The van der Waals surface area contributed by atoms with Crippen molar-refractivity contribution in [3.8, 4) is 0 Å². The third kappa shape index (κ3) is 3.88. The Hall–Kier alpha value is -1.06. The zero-order valence-electron chi connectivity index (χ0n) is 14.9. The van der Waals surface area contributed by atoms with Crippen LogP contribution in [0.3, 0.4) is 0 Å². The molecule has 3 aliphatic heterocycles. The lowest BCUT2D eigenvalue weighted by molar-refractivity contribution is -0.172. The van der Waals surface area contributed by atoms with Crippen LogP contribution in [0.5, 0.6) is 0 Å². The van der Waals surface area contributed by atoms with Gasteiger partial charge in [0.25, 0.3) is 0 Å². The monoisotopic (exact) mass is 356 g/mol. The van der Waals surface area contributed by atoms with E-state index in [0.717, 1.165) is 0 Å². The fourth-order valence-electron chi connectivity index (χ4n) is 3.92. The van der Waals surface area contributed by atoms with Crippen LogP contribution >= 0.6 is 0 Å². The number of carbonyl (C=O) groups excluding carboxylic acids is 2. The average Bonchev–Trinajstić information content (AvgIpc) is 2.69. The molecule has 0 saturated carbocycles. The Kier molecular flexibility index (Phi) is 6.40. The number of ether oxygens (including phenoxy) is 4. The standard InChI is InChI=1S/C17H28N2O6/c1-22-16(21)17(2-8-23-9-3-17)14(20)15(18-4-10-24-11-5-18)19-6-12-25-13-7-19/h15H,2-13H2,1H3. The van der Waals surface area contributed by atoms with Crippen molar-refractivity contribution in [2.75, 3.05) is 72.9 Å². The topological polar surface area (TPSA) is 77.5 Å². The van der Waals surface area contributed by atoms with Crippen molar-refractivity contribution in [1.82, 2.24) is 9.80 Å². The van der Waals surface area contributed by atoms with E-state index >= 15 is 0 Å². The van der Waals surface area contributed by atoms with E-state index in [9.17, 15) is 9.59 Å². The predicted octanol–water partition coefficient (Wildman–Crippen LogP) is -0.484. The molecule has 3 aliphatic rings. The predicted molar refractivity (Wildman–Crippen MR) is 88.1 cm³/mol. The fourth-order valence-corrected chi connectivity index (χ4v) is 3.92. The maximum absolute atomic E-state index is 13.7. The first kappa shape index (κ1) is 18.7. The van der Waals surface area contributed by atoms with Gasteiger partial charge in [-0.15, -0.1) is 0 Å². The summed E-state index contributed by atoms with van der Waals surface area (Å²) in [5.74, 6) is -0.501. The molecule has 3 heterocycles. The summed E-state index contributed by atoms with van der Waals surface area (Å²) >= 11 is 0. The third-order valence-electron chi connectivity index (χ3n) is 5.41. The molecule has 0 amide bonds. The molecule has 0 spiro atoms. The second kappa shape index (κ2) is 8.55. The highest BCUT2D eigenvalue weighted by Crippen LogP contribution is 2.36.